The molecule has 2 N–H and O–H groups in total. The Morgan fingerprint density at radius 3 is 2.19 bits per heavy atom. The van der Waals surface area contributed by atoms with Crippen LogP contribution < -0.4 is 10.6 Å². The zero-order valence-electron chi connectivity index (χ0n) is 14.8. The van der Waals surface area contributed by atoms with E-state index in [9.17, 15) is 9.59 Å². The average Bonchev–Trinajstić information content (AvgIpc) is 3.14. The van der Waals surface area contributed by atoms with Crippen molar-refractivity contribution >= 4 is 35.0 Å². The van der Waals surface area contributed by atoms with E-state index in [2.05, 4.69) is 15.6 Å². The molecule has 3 rings (SSSR count). The van der Waals surface area contributed by atoms with Gasteiger partial charge in [-0.1, -0.05) is 35.7 Å². The zero-order valence-corrected chi connectivity index (χ0v) is 16.3. The predicted octanol–water partition coefficient (Wildman–Crippen LogP) is 3.74. The summed E-state index contributed by atoms with van der Waals surface area (Å²) in [4.78, 5) is 29.3. The third-order valence-electron chi connectivity index (χ3n) is 4.75. The smallest absolute Gasteiger partial charge is 0.224 e. The van der Waals surface area contributed by atoms with Crippen LogP contribution in [-0.4, -0.2) is 16.8 Å². The lowest BCUT2D eigenvalue weighted by molar-refractivity contribution is -0.133. The van der Waals surface area contributed by atoms with Gasteiger partial charge >= 0.3 is 0 Å². The number of carbonyl (C=O) groups is 2. The van der Waals surface area contributed by atoms with Crippen molar-refractivity contribution in [3.63, 3.8) is 0 Å². The van der Waals surface area contributed by atoms with Gasteiger partial charge in [0.1, 0.15) is 0 Å². The lowest BCUT2D eigenvalue weighted by Crippen LogP contribution is -2.39. The van der Waals surface area contributed by atoms with E-state index in [0.717, 1.165) is 24.1 Å². The molecule has 1 aromatic heterocycles. The van der Waals surface area contributed by atoms with Gasteiger partial charge < -0.3 is 10.6 Å². The summed E-state index contributed by atoms with van der Waals surface area (Å²) in [5, 5.41) is 6.86. The first-order valence-electron chi connectivity index (χ1n) is 8.93. The number of hydrogen-bond donors (Lipinski definition) is 2. The van der Waals surface area contributed by atoms with Crippen LogP contribution in [0.25, 0.3) is 0 Å². The van der Waals surface area contributed by atoms with E-state index in [1.807, 2.05) is 18.2 Å². The number of rotatable bonds is 6. The van der Waals surface area contributed by atoms with Crippen LogP contribution in [0, 0.1) is 11.8 Å². The number of halogens is 2. The Balaban J connectivity index is 1.54. The highest BCUT2D eigenvalue weighted by Gasteiger charge is 2.37. The topological polar surface area (TPSA) is 71.1 Å². The summed E-state index contributed by atoms with van der Waals surface area (Å²) >= 11 is 12.0. The molecule has 0 radical (unpaired) electrons. The SMILES string of the molecule is O=C(NCc1cc(Cl)cc(Cl)c1)C1CCCC1C(=O)NCc1ccccn1. The minimum atomic E-state index is -0.316. The van der Waals surface area contributed by atoms with Crippen LogP contribution in [0.1, 0.15) is 30.5 Å². The van der Waals surface area contributed by atoms with Crippen molar-refractivity contribution in [2.24, 2.45) is 11.8 Å². The van der Waals surface area contributed by atoms with Crippen LogP contribution in [0.5, 0.6) is 0 Å². The molecule has 1 saturated carbocycles. The van der Waals surface area contributed by atoms with Crippen LogP contribution in [0.2, 0.25) is 10.0 Å². The second-order valence-corrected chi connectivity index (χ2v) is 7.55. The molecule has 142 valence electrons. The molecule has 1 aliphatic rings. The summed E-state index contributed by atoms with van der Waals surface area (Å²) in [5.74, 6) is -0.828. The van der Waals surface area contributed by atoms with E-state index in [0.29, 0.717) is 29.6 Å². The summed E-state index contributed by atoms with van der Waals surface area (Å²) in [5.41, 5.74) is 1.62. The molecule has 2 unspecified atom stereocenters. The Morgan fingerprint density at radius 1 is 0.963 bits per heavy atom. The maximum Gasteiger partial charge on any atom is 0.224 e. The molecule has 27 heavy (non-hydrogen) atoms. The molecule has 0 bridgehead atoms. The van der Waals surface area contributed by atoms with E-state index in [-0.39, 0.29) is 23.7 Å². The largest absolute Gasteiger partial charge is 0.352 e. The molecule has 1 heterocycles. The van der Waals surface area contributed by atoms with Gasteiger partial charge in [0.15, 0.2) is 0 Å². The molecule has 7 heteroatoms. The fourth-order valence-corrected chi connectivity index (χ4v) is 4.00. The fourth-order valence-electron chi connectivity index (χ4n) is 3.43. The van der Waals surface area contributed by atoms with Crippen LogP contribution in [-0.2, 0) is 22.7 Å². The minimum absolute atomic E-state index is 0.0934. The van der Waals surface area contributed by atoms with Crippen LogP contribution in [0.15, 0.2) is 42.6 Å². The highest BCUT2D eigenvalue weighted by molar-refractivity contribution is 6.34. The molecule has 2 aromatic rings. The molecule has 1 aromatic carbocycles. The quantitative estimate of drug-likeness (QED) is 0.768. The van der Waals surface area contributed by atoms with Crippen LogP contribution in [0.4, 0.5) is 0 Å². The summed E-state index contributed by atoms with van der Waals surface area (Å²) in [6.45, 7) is 0.698. The van der Waals surface area contributed by atoms with Gasteiger partial charge in [-0.15, -0.1) is 0 Å². The zero-order chi connectivity index (χ0) is 19.2. The predicted molar refractivity (Wildman–Crippen MR) is 105 cm³/mol. The first-order chi connectivity index (χ1) is 13.0. The summed E-state index contributed by atoms with van der Waals surface area (Å²) in [7, 11) is 0. The van der Waals surface area contributed by atoms with Gasteiger partial charge in [0.2, 0.25) is 11.8 Å². The van der Waals surface area contributed by atoms with Gasteiger partial charge in [-0.3, -0.25) is 14.6 Å². The maximum absolute atomic E-state index is 12.6. The standard InChI is InChI=1S/C20H21Cl2N3O2/c21-14-8-13(9-15(22)10-14)11-24-19(26)17-5-3-6-18(17)20(27)25-12-16-4-1-2-7-23-16/h1-2,4,7-10,17-18H,3,5-6,11-12H2,(H,24,26)(H,25,27). The summed E-state index contributed by atoms with van der Waals surface area (Å²) in [6.07, 6.45) is 3.98. The monoisotopic (exact) mass is 405 g/mol. The van der Waals surface area contributed by atoms with Crippen molar-refractivity contribution in [3.8, 4) is 0 Å². The Bertz CT molecular complexity index is 794. The molecular weight excluding hydrogens is 385 g/mol. The van der Waals surface area contributed by atoms with Gasteiger partial charge in [-0.2, -0.15) is 0 Å². The minimum Gasteiger partial charge on any atom is -0.352 e. The van der Waals surface area contributed by atoms with Crippen molar-refractivity contribution in [1.82, 2.24) is 15.6 Å². The molecule has 1 aliphatic carbocycles. The lowest BCUT2D eigenvalue weighted by Gasteiger charge is -2.19. The van der Waals surface area contributed by atoms with Crippen molar-refractivity contribution in [3.05, 3.63) is 63.9 Å². The summed E-state index contributed by atoms with van der Waals surface area (Å²) in [6, 6.07) is 10.7. The van der Waals surface area contributed by atoms with E-state index >= 15 is 0 Å². The summed E-state index contributed by atoms with van der Waals surface area (Å²) < 4.78 is 0. The Labute approximate surface area is 168 Å². The third-order valence-corrected chi connectivity index (χ3v) is 5.18. The highest BCUT2D eigenvalue weighted by Crippen LogP contribution is 2.32. The Kier molecular flexibility index (Phi) is 6.69. The van der Waals surface area contributed by atoms with E-state index in [4.69, 9.17) is 23.2 Å². The van der Waals surface area contributed by atoms with Crippen molar-refractivity contribution in [2.75, 3.05) is 0 Å². The Morgan fingerprint density at radius 2 is 1.59 bits per heavy atom. The number of pyridine rings is 1. The van der Waals surface area contributed by atoms with Gasteiger partial charge in [0.25, 0.3) is 0 Å². The molecule has 0 aliphatic heterocycles. The number of aromatic nitrogens is 1. The second kappa shape index (κ2) is 9.20. The van der Waals surface area contributed by atoms with E-state index in [1.54, 1.807) is 24.4 Å². The molecule has 1 fully saturated rings. The van der Waals surface area contributed by atoms with E-state index < -0.39 is 0 Å². The Hall–Kier alpha value is -2.11. The molecular formula is C20H21Cl2N3O2. The number of nitrogens with one attached hydrogen (secondary N) is 2. The molecule has 0 saturated heterocycles. The number of nitrogens with zero attached hydrogens (tertiary/aromatic N) is 1. The first-order valence-corrected chi connectivity index (χ1v) is 9.69. The van der Waals surface area contributed by atoms with Crippen molar-refractivity contribution < 1.29 is 9.59 Å². The molecule has 2 atom stereocenters. The second-order valence-electron chi connectivity index (χ2n) is 6.68. The number of benzene rings is 1. The molecule has 2 amide bonds. The first kappa shape index (κ1) is 19.6. The normalized spacial score (nSPS) is 18.9. The molecule has 5 nitrogen and oxygen atoms in total. The maximum atomic E-state index is 12.6. The van der Waals surface area contributed by atoms with Gasteiger partial charge in [0.05, 0.1) is 12.2 Å². The van der Waals surface area contributed by atoms with Crippen molar-refractivity contribution in [1.29, 1.82) is 0 Å². The van der Waals surface area contributed by atoms with Crippen molar-refractivity contribution in [2.45, 2.75) is 32.4 Å². The van der Waals surface area contributed by atoms with Gasteiger partial charge in [0, 0.05) is 34.6 Å². The van der Waals surface area contributed by atoms with Gasteiger partial charge in [-0.05, 0) is 48.7 Å². The average molecular weight is 406 g/mol. The number of amides is 2. The number of hydrogen-bond acceptors (Lipinski definition) is 3. The van der Waals surface area contributed by atoms with Gasteiger partial charge in [-0.25, -0.2) is 0 Å². The fraction of sp³-hybridized carbons (Fsp3) is 0.350. The third kappa shape index (κ3) is 5.44. The van der Waals surface area contributed by atoms with Crippen LogP contribution >= 0.6 is 23.2 Å². The highest BCUT2D eigenvalue weighted by atomic mass is 35.5. The number of carbonyl (C=O) groups excluding carboxylic acids is 2. The van der Waals surface area contributed by atoms with Crippen LogP contribution in [0.3, 0.4) is 0 Å². The van der Waals surface area contributed by atoms with E-state index in [1.165, 1.54) is 0 Å². The lowest BCUT2D eigenvalue weighted by atomic mass is 9.94. The molecule has 0 spiro atoms.